The zero-order chi connectivity index (χ0) is 22.6. The van der Waals surface area contributed by atoms with E-state index in [-0.39, 0.29) is 19.0 Å². The van der Waals surface area contributed by atoms with Crippen molar-refractivity contribution in [2.45, 2.75) is 17.7 Å². The Labute approximate surface area is 184 Å². The summed E-state index contributed by atoms with van der Waals surface area (Å²) in [4.78, 5) is 38.9. The van der Waals surface area contributed by atoms with Gasteiger partial charge in [-0.1, -0.05) is 12.1 Å². The fraction of sp³-hybridized carbons (Fsp3) is 0.238. The molecule has 9 nitrogen and oxygen atoms in total. The highest BCUT2D eigenvalue weighted by Crippen LogP contribution is 2.29. The molecule has 31 heavy (non-hydrogen) atoms. The summed E-state index contributed by atoms with van der Waals surface area (Å²) in [6.07, 6.45) is 3.61. The first-order chi connectivity index (χ1) is 14.9. The summed E-state index contributed by atoms with van der Waals surface area (Å²) in [5, 5.41) is 9.14. The molecule has 10 heteroatoms. The van der Waals surface area contributed by atoms with Crippen LogP contribution in [0.1, 0.15) is 28.8 Å². The van der Waals surface area contributed by atoms with Gasteiger partial charge in [0, 0.05) is 11.0 Å². The molecule has 0 aliphatic heterocycles. The molecule has 0 saturated heterocycles. The van der Waals surface area contributed by atoms with Crippen LogP contribution in [-0.4, -0.2) is 37.3 Å². The van der Waals surface area contributed by atoms with Gasteiger partial charge in [0.15, 0.2) is 11.5 Å². The van der Waals surface area contributed by atoms with Crippen LogP contribution < -0.4 is 9.47 Å². The Morgan fingerprint density at radius 3 is 2.58 bits per heavy atom. The molecule has 0 radical (unpaired) electrons. The molecule has 0 amide bonds. The predicted octanol–water partition coefficient (Wildman–Crippen LogP) is 3.75. The fourth-order valence-electron chi connectivity index (χ4n) is 2.39. The van der Waals surface area contributed by atoms with E-state index in [2.05, 4.69) is 17.5 Å². The second-order valence-corrected chi connectivity index (χ2v) is 6.63. The quantitative estimate of drug-likeness (QED) is 0.105. The van der Waals surface area contributed by atoms with Gasteiger partial charge >= 0.3 is 11.9 Å². The molecular formula is C21H21NO8S. The van der Waals surface area contributed by atoms with Gasteiger partial charge < -0.3 is 19.0 Å². The van der Waals surface area contributed by atoms with E-state index < -0.39 is 17.0 Å². The van der Waals surface area contributed by atoms with Crippen molar-refractivity contribution in [1.82, 2.24) is 0 Å². The number of thiol groups is 1. The number of hydrogen-bond acceptors (Lipinski definition) is 9. The van der Waals surface area contributed by atoms with E-state index in [1.807, 2.05) is 0 Å². The molecule has 0 bridgehead atoms. The number of rotatable bonds is 11. The smallest absolute Gasteiger partial charge is 0.343 e. The summed E-state index contributed by atoms with van der Waals surface area (Å²) in [6, 6.07) is 11.5. The van der Waals surface area contributed by atoms with E-state index in [4.69, 9.17) is 14.2 Å². The monoisotopic (exact) mass is 447 g/mol. The van der Waals surface area contributed by atoms with Crippen molar-refractivity contribution in [2.24, 2.45) is 0 Å². The molecule has 0 fully saturated rings. The number of benzene rings is 2. The maximum Gasteiger partial charge on any atom is 0.343 e. The molecule has 0 aromatic heterocycles. The van der Waals surface area contributed by atoms with Gasteiger partial charge in [0.1, 0.15) is 0 Å². The zero-order valence-corrected chi connectivity index (χ0v) is 17.6. The fourth-order valence-corrected chi connectivity index (χ4v) is 2.62. The molecule has 2 aromatic carbocycles. The van der Waals surface area contributed by atoms with Gasteiger partial charge in [-0.25, -0.2) is 9.59 Å². The third kappa shape index (κ3) is 8.39. The van der Waals surface area contributed by atoms with Crippen molar-refractivity contribution in [3.8, 4) is 11.5 Å². The van der Waals surface area contributed by atoms with Crippen LogP contribution in [0.2, 0.25) is 0 Å². The summed E-state index contributed by atoms with van der Waals surface area (Å²) in [7, 11) is 1.44. The van der Waals surface area contributed by atoms with Crippen molar-refractivity contribution in [2.75, 3.05) is 20.3 Å². The lowest BCUT2D eigenvalue weighted by Gasteiger charge is -2.10. The van der Waals surface area contributed by atoms with Gasteiger partial charge in [-0.05, 0) is 54.8 Å². The number of nitrogens with zero attached hydrogens (tertiary/aromatic N) is 1. The number of carbonyl (C=O) groups excluding carboxylic acids is 2. The Morgan fingerprint density at radius 2 is 1.87 bits per heavy atom. The molecule has 0 N–H and O–H groups in total. The van der Waals surface area contributed by atoms with Gasteiger partial charge in [0.2, 0.25) is 0 Å². The van der Waals surface area contributed by atoms with E-state index in [1.165, 1.54) is 19.3 Å². The van der Waals surface area contributed by atoms with Gasteiger partial charge in [-0.3, -0.25) is 0 Å². The number of esters is 2. The molecule has 0 heterocycles. The molecule has 0 aliphatic carbocycles. The average molecular weight is 447 g/mol. The topological polar surface area (TPSA) is 114 Å². The molecule has 2 aromatic rings. The van der Waals surface area contributed by atoms with Crippen molar-refractivity contribution >= 4 is 30.6 Å². The average Bonchev–Trinajstić information content (AvgIpc) is 2.75. The van der Waals surface area contributed by atoms with Crippen LogP contribution >= 0.6 is 12.6 Å². The summed E-state index contributed by atoms with van der Waals surface area (Å²) in [5.74, 6) is -0.564. The maximum atomic E-state index is 12.3. The minimum atomic E-state index is -0.866. The second kappa shape index (κ2) is 12.2. The molecule has 2 rings (SSSR count). The predicted molar refractivity (Wildman–Crippen MR) is 114 cm³/mol. The normalized spacial score (nSPS) is 10.5. The Balaban J connectivity index is 1.89. The van der Waals surface area contributed by atoms with E-state index in [0.29, 0.717) is 34.6 Å². The van der Waals surface area contributed by atoms with Crippen LogP contribution in [-0.2, 0) is 14.4 Å². The highest BCUT2D eigenvalue weighted by molar-refractivity contribution is 7.80. The number of hydrogen-bond donors (Lipinski definition) is 1. The first-order valence-corrected chi connectivity index (χ1v) is 9.65. The standard InChI is InChI=1S/C21H21NO8S/c1-27-19-13-15(8-10-20(23)28-11-2-3-12-29-22(25)26)7-9-18(19)30-21(24)16-5-4-6-17(31)14-16/h4-10,13-14,31H,2-3,11-12H2,1H3/b10-8+. The molecule has 164 valence electrons. The largest absolute Gasteiger partial charge is 0.493 e. The van der Waals surface area contributed by atoms with Gasteiger partial charge in [0.05, 0.1) is 25.9 Å². The van der Waals surface area contributed by atoms with Crippen molar-refractivity contribution in [3.05, 3.63) is 69.8 Å². The first-order valence-electron chi connectivity index (χ1n) is 9.20. The number of ether oxygens (including phenoxy) is 3. The number of methoxy groups -OCH3 is 1. The molecule has 0 unspecified atom stereocenters. The van der Waals surface area contributed by atoms with Crippen LogP contribution in [0.4, 0.5) is 0 Å². The number of unbranched alkanes of at least 4 members (excludes halogenated alkanes) is 1. The summed E-state index contributed by atoms with van der Waals surface area (Å²) >= 11 is 4.20. The van der Waals surface area contributed by atoms with E-state index in [0.717, 1.165) is 0 Å². The Kier molecular flexibility index (Phi) is 9.37. The zero-order valence-electron chi connectivity index (χ0n) is 16.7. The lowest BCUT2D eigenvalue weighted by Crippen LogP contribution is -2.09. The van der Waals surface area contributed by atoms with Gasteiger partial charge in [-0.15, -0.1) is 22.7 Å². The summed E-state index contributed by atoms with van der Waals surface area (Å²) in [6.45, 7) is 0.0765. The van der Waals surface area contributed by atoms with Crippen LogP contribution in [0.25, 0.3) is 6.08 Å². The Morgan fingerprint density at radius 1 is 1.10 bits per heavy atom. The SMILES string of the molecule is COc1cc(/C=C/C(=O)OCCCCO[N+](=O)[O-])ccc1OC(=O)c1cccc(S)c1. The van der Waals surface area contributed by atoms with E-state index in [9.17, 15) is 19.7 Å². The Bertz CT molecular complexity index is 960. The van der Waals surface area contributed by atoms with Crippen molar-refractivity contribution < 1.29 is 33.7 Å². The maximum absolute atomic E-state index is 12.3. The van der Waals surface area contributed by atoms with Gasteiger partial charge in [-0.2, -0.15) is 0 Å². The minimum absolute atomic E-state index is 0.0445. The molecule has 0 aliphatic rings. The highest BCUT2D eigenvalue weighted by atomic mass is 32.1. The van der Waals surface area contributed by atoms with Crippen LogP contribution in [0.15, 0.2) is 53.4 Å². The third-order valence-corrected chi connectivity index (χ3v) is 4.14. The Hall–Kier alpha value is -3.53. The molecule has 0 spiro atoms. The van der Waals surface area contributed by atoms with E-state index >= 15 is 0 Å². The molecular weight excluding hydrogens is 426 g/mol. The lowest BCUT2D eigenvalue weighted by atomic mass is 10.2. The van der Waals surface area contributed by atoms with Crippen LogP contribution in [0.3, 0.4) is 0 Å². The first kappa shape index (κ1) is 23.7. The highest BCUT2D eigenvalue weighted by Gasteiger charge is 2.13. The summed E-state index contributed by atoms with van der Waals surface area (Å²) in [5.41, 5.74) is 0.983. The third-order valence-electron chi connectivity index (χ3n) is 3.86. The minimum Gasteiger partial charge on any atom is -0.493 e. The second-order valence-electron chi connectivity index (χ2n) is 6.11. The molecule has 0 atom stereocenters. The van der Waals surface area contributed by atoms with E-state index in [1.54, 1.807) is 42.5 Å². The molecule has 0 saturated carbocycles. The van der Waals surface area contributed by atoms with Crippen LogP contribution in [0, 0.1) is 10.1 Å². The van der Waals surface area contributed by atoms with Crippen molar-refractivity contribution in [1.29, 1.82) is 0 Å². The van der Waals surface area contributed by atoms with Gasteiger partial charge in [0.25, 0.3) is 5.09 Å². The van der Waals surface area contributed by atoms with Crippen LogP contribution in [0.5, 0.6) is 11.5 Å². The summed E-state index contributed by atoms with van der Waals surface area (Å²) < 4.78 is 15.7. The van der Waals surface area contributed by atoms with Crippen molar-refractivity contribution in [3.63, 3.8) is 0 Å². The number of carbonyl (C=O) groups is 2. The lowest BCUT2D eigenvalue weighted by molar-refractivity contribution is -0.757.